The minimum absolute atomic E-state index is 0.104. The van der Waals surface area contributed by atoms with E-state index >= 15 is 0 Å². The standard InChI is InChI=1S/C11H8F6O3/c1-20-9(19)8(18)5-2-6(10(12,13)14)4-7(3-5)11(15,16)17/h2-4,8,18H,1H3/t8-/m0/s1. The van der Waals surface area contributed by atoms with E-state index in [1.807, 2.05) is 0 Å². The van der Waals surface area contributed by atoms with Gasteiger partial charge in [-0.2, -0.15) is 26.3 Å². The SMILES string of the molecule is COC(=O)[C@@H](O)c1cc(C(F)(F)F)cc(C(F)(F)F)c1. The van der Waals surface area contributed by atoms with Gasteiger partial charge in [-0.05, 0) is 23.8 Å². The van der Waals surface area contributed by atoms with Crippen LogP contribution >= 0.6 is 0 Å². The zero-order chi connectivity index (χ0) is 15.7. The third-order valence-corrected chi connectivity index (χ3v) is 2.35. The molecule has 1 aromatic carbocycles. The second-order valence-electron chi connectivity index (χ2n) is 3.76. The number of rotatable bonds is 2. The third kappa shape index (κ3) is 3.62. The van der Waals surface area contributed by atoms with Crippen molar-refractivity contribution in [2.24, 2.45) is 0 Å². The van der Waals surface area contributed by atoms with Crippen LogP contribution in [0.2, 0.25) is 0 Å². The van der Waals surface area contributed by atoms with Crippen molar-refractivity contribution in [2.75, 3.05) is 7.11 Å². The predicted octanol–water partition coefficient (Wildman–Crippen LogP) is 2.93. The highest BCUT2D eigenvalue weighted by atomic mass is 19.4. The van der Waals surface area contributed by atoms with Crippen molar-refractivity contribution in [1.82, 2.24) is 0 Å². The molecule has 0 spiro atoms. The van der Waals surface area contributed by atoms with Gasteiger partial charge in [0.2, 0.25) is 0 Å². The van der Waals surface area contributed by atoms with E-state index in [4.69, 9.17) is 0 Å². The average molecular weight is 302 g/mol. The van der Waals surface area contributed by atoms with Gasteiger partial charge in [0.15, 0.2) is 6.10 Å². The molecule has 0 amide bonds. The number of esters is 1. The van der Waals surface area contributed by atoms with Crippen molar-refractivity contribution >= 4 is 5.97 Å². The molecule has 0 fully saturated rings. The molecule has 0 aromatic heterocycles. The lowest BCUT2D eigenvalue weighted by Crippen LogP contribution is -2.17. The Kier molecular flexibility index (Phi) is 4.33. The normalized spacial score (nSPS) is 14.0. The molecule has 0 bridgehead atoms. The quantitative estimate of drug-likeness (QED) is 0.675. The second-order valence-corrected chi connectivity index (χ2v) is 3.76. The van der Waals surface area contributed by atoms with Crippen LogP contribution in [0.1, 0.15) is 22.8 Å². The Morgan fingerprint density at radius 2 is 1.45 bits per heavy atom. The van der Waals surface area contributed by atoms with E-state index in [0.717, 1.165) is 7.11 Å². The maximum Gasteiger partial charge on any atom is 0.416 e. The predicted molar refractivity (Wildman–Crippen MR) is 53.4 cm³/mol. The zero-order valence-corrected chi connectivity index (χ0v) is 9.84. The van der Waals surface area contributed by atoms with E-state index in [0.29, 0.717) is 0 Å². The second kappa shape index (κ2) is 5.31. The molecule has 1 atom stereocenters. The van der Waals surface area contributed by atoms with Gasteiger partial charge in [-0.1, -0.05) is 0 Å². The van der Waals surface area contributed by atoms with Gasteiger partial charge in [0, 0.05) is 0 Å². The molecule has 1 N–H and O–H groups in total. The summed E-state index contributed by atoms with van der Waals surface area (Å²) in [5, 5.41) is 9.36. The van der Waals surface area contributed by atoms with Crippen LogP contribution in [0, 0.1) is 0 Å². The molecule has 0 unspecified atom stereocenters. The maximum atomic E-state index is 12.5. The third-order valence-electron chi connectivity index (χ3n) is 2.35. The molecule has 0 radical (unpaired) electrons. The van der Waals surface area contributed by atoms with Crippen molar-refractivity contribution in [3.8, 4) is 0 Å². The Bertz CT molecular complexity index is 474. The van der Waals surface area contributed by atoms with Crippen molar-refractivity contribution in [2.45, 2.75) is 18.5 Å². The van der Waals surface area contributed by atoms with E-state index in [9.17, 15) is 36.2 Å². The van der Waals surface area contributed by atoms with Crippen LogP contribution in [0.5, 0.6) is 0 Å². The molecule has 0 aliphatic rings. The summed E-state index contributed by atoms with van der Waals surface area (Å²) < 4.78 is 79.2. The summed E-state index contributed by atoms with van der Waals surface area (Å²) in [6, 6.07) is 0.418. The lowest BCUT2D eigenvalue weighted by molar-refractivity contribution is -0.151. The smallest absolute Gasteiger partial charge is 0.416 e. The number of carbonyl (C=O) groups is 1. The van der Waals surface area contributed by atoms with Gasteiger partial charge in [0.1, 0.15) is 0 Å². The molecule has 1 aromatic rings. The molecular formula is C11H8F6O3. The molecule has 0 saturated carbocycles. The highest BCUT2D eigenvalue weighted by Crippen LogP contribution is 2.37. The first kappa shape index (κ1) is 16.3. The number of hydrogen-bond acceptors (Lipinski definition) is 3. The number of benzene rings is 1. The van der Waals surface area contributed by atoms with Crippen molar-refractivity contribution < 1.29 is 41.0 Å². The molecule has 0 aliphatic carbocycles. The molecular weight excluding hydrogens is 294 g/mol. The van der Waals surface area contributed by atoms with Crippen molar-refractivity contribution in [3.63, 3.8) is 0 Å². The average Bonchev–Trinajstić information content (AvgIpc) is 2.34. The Hall–Kier alpha value is -1.77. The first-order valence-electron chi connectivity index (χ1n) is 5.02. The number of halogens is 6. The summed E-state index contributed by atoms with van der Waals surface area (Å²) in [6.07, 6.45) is -12.3. The number of alkyl halides is 6. The Morgan fingerprint density at radius 3 is 1.75 bits per heavy atom. The molecule has 112 valence electrons. The number of aliphatic hydroxyl groups excluding tert-OH is 1. The molecule has 9 heteroatoms. The van der Waals surface area contributed by atoms with Gasteiger partial charge in [-0.15, -0.1) is 0 Å². The van der Waals surface area contributed by atoms with Crippen LogP contribution in [-0.2, 0) is 21.9 Å². The van der Waals surface area contributed by atoms with Crippen LogP contribution in [-0.4, -0.2) is 18.2 Å². The van der Waals surface area contributed by atoms with E-state index < -0.39 is 41.1 Å². The highest BCUT2D eigenvalue weighted by Gasteiger charge is 2.38. The summed E-state index contributed by atoms with van der Waals surface area (Å²) in [5.74, 6) is -1.36. The van der Waals surface area contributed by atoms with E-state index in [1.54, 1.807) is 0 Å². The van der Waals surface area contributed by atoms with Gasteiger partial charge in [-0.3, -0.25) is 0 Å². The highest BCUT2D eigenvalue weighted by molar-refractivity contribution is 5.76. The Labute approximate surface area is 108 Å². The van der Waals surface area contributed by atoms with Gasteiger partial charge < -0.3 is 9.84 Å². The molecule has 0 heterocycles. The van der Waals surface area contributed by atoms with Crippen LogP contribution in [0.3, 0.4) is 0 Å². The first-order chi connectivity index (χ1) is 8.96. The molecule has 0 saturated heterocycles. The number of carbonyl (C=O) groups excluding carboxylic acids is 1. The minimum Gasteiger partial charge on any atom is -0.467 e. The monoisotopic (exact) mass is 302 g/mol. The summed E-state index contributed by atoms with van der Waals surface area (Å²) in [6.45, 7) is 0. The van der Waals surface area contributed by atoms with Crippen LogP contribution in [0.15, 0.2) is 18.2 Å². The van der Waals surface area contributed by atoms with E-state index in [1.165, 1.54) is 0 Å². The number of aliphatic hydroxyl groups is 1. The molecule has 20 heavy (non-hydrogen) atoms. The number of methoxy groups -OCH3 is 1. The summed E-state index contributed by atoms with van der Waals surface area (Å²) in [5.41, 5.74) is -4.09. The zero-order valence-electron chi connectivity index (χ0n) is 9.84. The summed E-state index contributed by atoms with van der Waals surface area (Å²) >= 11 is 0. The topological polar surface area (TPSA) is 46.5 Å². The lowest BCUT2D eigenvalue weighted by atomic mass is 10.0. The van der Waals surface area contributed by atoms with Crippen LogP contribution in [0.4, 0.5) is 26.3 Å². The fourth-order valence-corrected chi connectivity index (χ4v) is 1.38. The Morgan fingerprint density at radius 1 is 1.05 bits per heavy atom. The molecule has 3 nitrogen and oxygen atoms in total. The van der Waals surface area contributed by atoms with Gasteiger partial charge >= 0.3 is 18.3 Å². The lowest BCUT2D eigenvalue weighted by Gasteiger charge is -2.16. The van der Waals surface area contributed by atoms with Crippen LogP contribution in [0.25, 0.3) is 0 Å². The molecule has 0 aliphatic heterocycles. The van der Waals surface area contributed by atoms with Crippen molar-refractivity contribution in [3.05, 3.63) is 34.9 Å². The largest absolute Gasteiger partial charge is 0.467 e. The maximum absolute atomic E-state index is 12.5. The van der Waals surface area contributed by atoms with E-state index in [-0.39, 0.29) is 18.2 Å². The van der Waals surface area contributed by atoms with Crippen LogP contribution < -0.4 is 0 Å². The fraction of sp³-hybridized carbons (Fsp3) is 0.364. The summed E-state index contributed by atoms with van der Waals surface area (Å²) in [4.78, 5) is 11.0. The van der Waals surface area contributed by atoms with Gasteiger partial charge in [0.05, 0.1) is 18.2 Å². The van der Waals surface area contributed by atoms with Gasteiger partial charge in [0.25, 0.3) is 0 Å². The minimum atomic E-state index is -5.05. The number of ether oxygens (including phenoxy) is 1. The van der Waals surface area contributed by atoms with Gasteiger partial charge in [-0.25, -0.2) is 4.79 Å². The fourth-order valence-electron chi connectivity index (χ4n) is 1.38. The van der Waals surface area contributed by atoms with E-state index in [2.05, 4.69) is 4.74 Å². The summed E-state index contributed by atoms with van der Waals surface area (Å²) in [7, 11) is 0.837. The number of hydrogen-bond donors (Lipinski definition) is 1. The molecule has 1 rings (SSSR count). The van der Waals surface area contributed by atoms with Crippen molar-refractivity contribution in [1.29, 1.82) is 0 Å². The Balaban J connectivity index is 3.42. The first-order valence-corrected chi connectivity index (χ1v) is 5.02.